The zero-order valence-corrected chi connectivity index (χ0v) is 13.4. The first-order chi connectivity index (χ1) is 11.3. The van der Waals surface area contributed by atoms with Gasteiger partial charge in [-0.2, -0.15) is 0 Å². The van der Waals surface area contributed by atoms with Gasteiger partial charge >= 0.3 is 0 Å². The van der Waals surface area contributed by atoms with E-state index in [0.29, 0.717) is 5.92 Å². The minimum absolute atomic E-state index is 0.465. The van der Waals surface area contributed by atoms with Crippen LogP contribution < -0.4 is 4.90 Å². The highest BCUT2D eigenvalue weighted by Gasteiger charge is 2.25. The Morgan fingerprint density at radius 1 is 1.17 bits per heavy atom. The standard InChI is InChI=1S/C18H21N5/c1-2-22-11-9-19-18(22)14-6-5-10-23(13-14)17-12-20-15-7-3-4-8-16(15)21-17/h3-4,7-9,11-12,14H,2,5-6,10,13H2,1H3/t14-/m0/s1. The van der Waals surface area contributed by atoms with Crippen molar-refractivity contribution < 1.29 is 0 Å². The second-order valence-electron chi connectivity index (χ2n) is 6.07. The summed E-state index contributed by atoms with van der Waals surface area (Å²) in [5, 5.41) is 0. The summed E-state index contributed by atoms with van der Waals surface area (Å²) in [7, 11) is 0. The lowest BCUT2D eigenvalue weighted by Gasteiger charge is -2.33. The van der Waals surface area contributed by atoms with Crippen LogP contribution in [0.3, 0.4) is 0 Å². The molecule has 2 aromatic heterocycles. The molecule has 0 N–H and O–H groups in total. The number of rotatable bonds is 3. The second-order valence-corrected chi connectivity index (χ2v) is 6.07. The lowest BCUT2D eigenvalue weighted by Crippen LogP contribution is -2.36. The molecular formula is C18H21N5. The third kappa shape index (κ3) is 2.67. The lowest BCUT2D eigenvalue weighted by molar-refractivity contribution is 0.472. The molecule has 3 heterocycles. The van der Waals surface area contributed by atoms with E-state index in [1.807, 2.05) is 36.7 Å². The Labute approximate surface area is 136 Å². The molecular weight excluding hydrogens is 286 g/mol. The van der Waals surface area contributed by atoms with Crippen LogP contribution >= 0.6 is 0 Å². The first-order valence-corrected chi connectivity index (χ1v) is 8.33. The fourth-order valence-corrected chi connectivity index (χ4v) is 3.44. The van der Waals surface area contributed by atoms with Crippen LogP contribution in [0.25, 0.3) is 11.0 Å². The normalized spacial score (nSPS) is 18.5. The van der Waals surface area contributed by atoms with Crippen molar-refractivity contribution in [3.63, 3.8) is 0 Å². The Hall–Kier alpha value is -2.43. The van der Waals surface area contributed by atoms with Crippen molar-refractivity contribution in [3.8, 4) is 0 Å². The molecule has 1 aliphatic rings. The summed E-state index contributed by atoms with van der Waals surface area (Å²) in [6, 6.07) is 8.04. The van der Waals surface area contributed by atoms with Gasteiger partial charge < -0.3 is 9.47 Å². The van der Waals surface area contributed by atoms with Gasteiger partial charge in [0, 0.05) is 37.9 Å². The Morgan fingerprint density at radius 3 is 2.91 bits per heavy atom. The summed E-state index contributed by atoms with van der Waals surface area (Å²) >= 11 is 0. The fraction of sp³-hybridized carbons (Fsp3) is 0.389. The number of nitrogens with zero attached hydrogens (tertiary/aromatic N) is 5. The third-order valence-electron chi connectivity index (χ3n) is 4.63. The van der Waals surface area contributed by atoms with Crippen LogP contribution in [-0.4, -0.2) is 32.6 Å². The van der Waals surface area contributed by atoms with E-state index in [1.54, 1.807) is 0 Å². The third-order valence-corrected chi connectivity index (χ3v) is 4.63. The highest BCUT2D eigenvalue weighted by Crippen LogP contribution is 2.28. The van der Waals surface area contributed by atoms with E-state index in [-0.39, 0.29) is 0 Å². The maximum atomic E-state index is 4.79. The summed E-state index contributed by atoms with van der Waals surface area (Å²) in [6.45, 7) is 5.14. The first-order valence-electron chi connectivity index (χ1n) is 8.33. The summed E-state index contributed by atoms with van der Waals surface area (Å²) < 4.78 is 2.25. The van der Waals surface area contributed by atoms with Crippen LogP contribution in [0.15, 0.2) is 42.9 Å². The first kappa shape index (κ1) is 14.2. The van der Waals surface area contributed by atoms with Gasteiger partial charge in [-0.3, -0.25) is 4.98 Å². The largest absolute Gasteiger partial charge is 0.355 e. The van der Waals surface area contributed by atoms with Gasteiger partial charge in [-0.05, 0) is 31.9 Å². The number of anilines is 1. The van der Waals surface area contributed by atoms with Crippen LogP contribution in [0.2, 0.25) is 0 Å². The molecule has 1 aliphatic heterocycles. The molecule has 0 aliphatic carbocycles. The number of hydrogen-bond acceptors (Lipinski definition) is 4. The Bertz CT molecular complexity index is 810. The zero-order valence-electron chi connectivity index (χ0n) is 13.4. The molecule has 1 saturated heterocycles. The molecule has 3 aromatic rings. The second kappa shape index (κ2) is 5.99. The van der Waals surface area contributed by atoms with E-state index >= 15 is 0 Å². The molecule has 5 heteroatoms. The van der Waals surface area contributed by atoms with Gasteiger partial charge in [0.05, 0.1) is 17.2 Å². The van der Waals surface area contributed by atoms with Crippen LogP contribution in [-0.2, 0) is 6.54 Å². The van der Waals surface area contributed by atoms with E-state index in [4.69, 9.17) is 4.98 Å². The molecule has 4 rings (SSSR count). The summed E-state index contributed by atoms with van der Waals surface area (Å²) in [5.41, 5.74) is 1.91. The van der Waals surface area contributed by atoms with E-state index in [1.165, 1.54) is 12.2 Å². The molecule has 0 unspecified atom stereocenters. The van der Waals surface area contributed by atoms with Gasteiger partial charge in [0.25, 0.3) is 0 Å². The van der Waals surface area contributed by atoms with Gasteiger partial charge in [-0.25, -0.2) is 9.97 Å². The highest BCUT2D eigenvalue weighted by molar-refractivity contribution is 5.75. The Morgan fingerprint density at radius 2 is 2.04 bits per heavy atom. The highest BCUT2D eigenvalue weighted by atomic mass is 15.2. The minimum Gasteiger partial charge on any atom is -0.355 e. The molecule has 0 saturated carbocycles. The minimum atomic E-state index is 0.465. The Kier molecular flexibility index (Phi) is 3.69. The van der Waals surface area contributed by atoms with Gasteiger partial charge in [-0.15, -0.1) is 0 Å². The van der Waals surface area contributed by atoms with Crippen molar-refractivity contribution in [2.45, 2.75) is 32.2 Å². The number of aromatic nitrogens is 4. The number of aryl methyl sites for hydroxylation is 1. The van der Waals surface area contributed by atoms with Crippen LogP contribution in [0.4, 0.5) is 5.82 Å². The van der Waals surface area contributed by atoms with E-state index in [0.717, 1.165) is 42.9 Å². The maximum absolute atomic E-state index is 4.79. The molecule has 23 heavy (non-hydrogen) atoms. The van der Waals surface area contributed by atoms with Gasteiger partial charge in [0.2, 0.25) is 0 Å². The number of para-hydroxylation sites is 2. The van der Waals surface area contributed by atoms with E-state index in [2.05, 4.69) is 32.6 Å². The van der Waals surface area contributed by atoms with Crippen molar-refractivity contribution in [3.05, 3.63) is 48.7 Å². The van der Waals surface area contributed by atoms with Gasteiger partial charge in [0.1, 0.15) is 11.6 Å². The monoisotopic (exact) mass is 307 g/mol. The number of imidazole rings is 1. The number of piperidine rings is 1. The molecule has 0 radical (unpaired) electrons. The predicted molar refractivity (Wildman–Crippen MR) is 91.6 cm³/mol. The average Bonchev–Trinajstić information content (AvgIpc) is 3.10. The van der Waals surface area contributed by atoms with Crippen LogP contribution in [0.1, 0.15) is 31.5 Å². The summed E-state index contributed by atoms with van der Waals surface area (Å²) in [6.07, 6.45) is 8.24. The van der Waals surface area contributed by atoms with E-state index in [9.17, 15) is 0 Å². The predicted octanol–water partition coefficient (Wildman–Crippen LogP) is 3.23. The average molecular weight is 307 g/mol. The zero-order chi connectivity index (χ0) is 15.6. The number of fused-ring (bicyclic) bond motifs is 1. The van der Waals surface area contributed by atoms with Crippen LogP contribution in [0, 0.1) is 0 Å². The molecule has 5 nitrogen and oxygen atoms in total. The van der Waals surface area contributed by atoms with Crippen molar-refractivity contribution in [2.75, 3.05) is 18.0 Å². The Balaban J connectivity index is 1.61. The molecule has 0 spiro atoms. The SMILES string of the molecule is CCn1ccnc1[C@H]1CCCN(c2cnc3ccccc3n2)C1. The summed E-state index contributed by atoms with van der Waals surface area (Å²) in [5.74, 6) is 2.64. The lowest BCUT2D eigenvalue weighted by atomic mass is 9.97. The van der Waals surface area contributed by atoms with Crippen molar-refractivity contribution in [1.82, 2.24) is 19.5 Å². The smallest absolute Gasteiger partial charge is 0.147 e. The number of hydrogen-bond donors (Lipinski definition) is 0. The fourth-order valence-electron chi connectivity index (χ4n) is 3.44. The molecule has 1 aromatic carbocycles. The molecule has 1 atom stereocenters. The van der Waals surface area contributed by atoms with Crippen LogP contribution in [0.5, 0.6) is 0 Å². The quantitative estimate of drug-likeness (QED) is 0.745. The van der Waals surface area contributed by atoms with Gasteiger partial charge in [-0.1, -0.05) is 12.1 Å². The molecule has 1 fully saturated rings. The maximum Gasteiger partial charge on any atom is 0.147 e. The van der Waals surface area contributed by atoms with Crippen molar-refractivity contribution >= 4 is 16.9 Å². The van der Waals surface area contributed by atoms with E-state index < -0.39 is 0 Å². The molecule has 0 amide bonds. The number of benzene rings is 1. The molecule has 118 valence electrons. The van der Waals surface area contributed by atoms with Gasteiger partial charge in [0.15, 0.2) is 0 Å². The topological polar surface area (TPSA) is 46.8 Å². The molecule has 0 bridgehead atoms. The van der Waals surface area contributed by atoms with Crippen molar-refractivity contribution in [1.29, 1.82) is 0 Å². The van der Waals surface area contributed by atoms with Crippen molar-refractivity contribution in [2.24, 2.45) is 0 Å². The summed E-state index contributed by atoms with van der Waals surface area (Å²) in [4.78, 5) is 16.3.